The first-order valence-corrected chi connectivity index (χ1v) is 5.81. The second-order valence-electron chi connectivity index (χ2n) is 4.30. The summed E-state index contributed by atoms with van der Waals surface area (Å²) < 4.78 is 0. The van der Waals surface area contributed by atoms with Gasteiger partial charge in [-0.1, -0.05) is 13.8 Å². The first-order valence-electron chi connectivity index (χ1n) is 5.81. The zero-order valence-electron chi connectivity index (χ0n) is 9.16. The molecule has 0 amide bonds. The molecule has 0 unspecified atom stereocenters. The molecule has 0 spiro atoms. The Bertz CT molecular complexity index is 298. The molecule has 1 nitrogen and oxygen atoms in total. The summed E-state index contributed by atoms with van der Waals surface area (Å²) in [6, 6.07) is 4.51. The summed E-state index contributed by atoms with van der Waals surface area (Å²) in [5, 5.41) is 0. The van der Waals surface area contributed by atoms with Gasteiger partial charge in [0.2, 0.25) is 0 Å². The van der Waals surface area contributed by atoms with Gasteiger partial charge in [-0.3, -0.25) is 4.98 Å². The maximum atomic E-state index is 4.49. The highest BCUT2D eigenvalue weighted by Gasteiger charge is 2.24. The van der Waals surface area contributed by atoms with E-state index in [1.54, 1.807) is 0 Å². The fourth-order valence-corrected chi connectivity index (χ4v) is 2.07. The van der Waals surface area contributed by atoms with Gasteiger partial charge in [-0.2, -0.15) is 0 Å². The predicted octanol–water partition coefficient (Wildman–Crippen LogP) is 3.86. The molecule has 2 rings (SSSR count). The molecule has 76 valence electrons. The van der Waals surface area contributed by atoms with E-state index in [0.29, 0.717) is 5.92 Å². The Balaban J connectivity index is 2.19. The van der Waals surface area contributed by atoms with Crippen molar-refractivity contribution in [3.8, 4) is 0 Å². The molecule has 1 heterocycles. The van der Waals surface area contributed by atoms with Gasteiger partial charge in [0.1, 0.15) is 0 Å². The molecule has 1 aromatic rings. The van der Waals surface area contributed by atoms with E-state index in [1.807, 2.05) is 6.20 Å². The number of hydrogen-bond acceptors (Lipinski definition) is 1. The lowest BCUT2D eigenvalue weighted by Gasteiger charge is -2.12. The number of rotatable bonds is 4. The van der Waals surface area contributed by atoms with Crippen molar-refractivity contribution >= 4 is 0 Å². The van der Waals surface area contributed by atoms with Gasteiger partial charge in [0.25, 0.3) is 0 Å². The van der Waals surface area contributed by atoms with E-state index in [9.17, 15) is 0 Å². The summed E-state index contributed by atoms with van der Waals surface area (Å²) in [7, 11) is 0. The molecule has 0 aliphatic heterocycles. The molecular weight excluding hydrogens is 170 g/mol. The SMILES string of the molecule is CCC(CC)c1cc(C2CC2)ccn1. The zero-order chi connectivity index (χ0) is 9.97. The smallest absolute Gasteiger partial charge is 0.0437 e. The van der Waals surface area contributed by atoms with Gasteiger partial charge in [-0.15, -0.1) is 0 Å². The van der Waals surface area contributed by atoms with Crippen LogP contribution in [0.5, 0.6) is 0 Å². The van der Waals surface area contributed by atoms with Crippen LogP contribution in [-0.2, 0) is 0 Å². The highest BCUT2D eigenvalue weighted by Crippen LogP contribution is 2.40. The molecular formula is C13H19N. The Hall–Kier alpha value is -0.850. The van der Waals surface area contributed by atoms with Crippen LogP contribution in [0.4, 0.5) is 0 Å². The van der Waals surface area contributed by atoms with Gasteiger partial charge >= 0.3 is 0 Å². The third-order valence-corrected chi connectivity index (χ3v) is 3.26. The number of pyridine rings is 1. The van der Waals surface area contributed by atoms with Crippen LogP contribution in [0.3, 0.4) is 0 Å². The Labute approximate surface area is 86.6 Å². The van der Waals surface area contributed by atoms with Crippen molar-refractivity contribution in [3.05, 3.63) is 29.6 Å². The molecule has 1 aromatic heterocycles. The monoisotopic (exact) mass is 189 g/mol. The van der Waals surface area contributed by atoms with Gasteiger partial charge in [0.05, 0.1) is 0 Å². The van der Waals surface area contributed by atoms with Gasteiger partial charge in [0, 0.05) is 17.8 Å². The fraction of sp³-hybridized carbons (Fsp3) is 0.615. The second kappa shape index (κ2) is 4.12. The maximum absolute atomic E-state index is 4.49. The number of hydrogen-bond donors (Lipinski definition) is 0. The lowest BCUT2D eigenvalue weighted by atomic mass is 9.97. The normalized spacial score (nSPS) is 16.2. The van der Waals surface area contributed by atoms with E-state index in [0.717, 1.165) is 5.92 Å². The quantitative estimate of drug-likeness (QED) is 0.700. The molecule has 0 radical (unpaired) electrons. The van der Waals surface area contributed by atoms with Gasteiger partial charge in [0.15, 0.2) is 0 Å². The summed E-state index contributed by atoms with van der Waals surface area (Å²) in [6.07, 6.45) is 7.16. The number of nitrogens with zero attached hydrogens (tertiary/aromatic N) is 1. The predicted molar refractivity (Wildman–Crippen MR) is 59.5 cm³/mol. The molecule has 0 bridgehead atoms. The van der Waals surface area contributed by atoms with Crippen molar-refractivity contribution in [2.24, 2.45) is 0 Å². The third kappa shape index (κ3) is 1.97. The Morgan fingerprint density at radius 2 is 2.07 bits per heavy atom. The van der Waals surface area contributed by atoms with E-state index < -0.39 is 0 Å². The first-order chi connectivity index (χ1) is 6.85. The minimum atomic E-state index is 0.661. The number of aromatic nitrogens is 1. The fourth-order valence-electron chi connectivity index (χ4n) is 2.07. The lowest BCUT2D eigenvalue weighted by molar-refractivity contribution is 0.622. The summed E-state index contributed by atoms with van der Waals surface area (Å²) >= 11 is 0. The largest absolute Gasteiger partial charge is 0.261 e. The zero-order valence-corrected chi connectivity index (χ0v) is 9.16. The Morgan fingerprint density at radius 1 is 1.36 bits per heavy atom. The van der Waals surface area contributed by atoms with Crippen LogP contribution in [0.25, 0.3) is 0 Å². The Kier molecular flexibility index (Phi) is 2.85. The Morgan fingerprint density at radius 3 is 2.64 bits per heavy atom. The average molecular weight is 189 g/mol. The summed E-state index contributed by atoms with van der Waals surface area (Å²) in [6.45, 7) is 4.50. The second-order valence-corrected chi connectivity index (χ2v) is 4.30. The molecule has 1 heteroatoms. The maximum Gasteiger partial charge on any atom is 0.0437 e. The van der Waals surface area contributed by atoms with E-state index in [-0.39, 0.29) is 0 Å². The molecule has 0 saturated heterocycles. The molecule has 0 N–H and O–H groups in total. The molecule has 0 aromatic carbocycles. The highest BCUT2D eigenvalue weighted by atomic mass is 14.7. The minimum absolute atomic E-state index is 0.661. The van der Waals surface area contributed by atoms with Crippen LogP contribution in [0.2, 0.25) is 0 Å². The average Bonchev–Trinajstić information content (AvgIpc) is 3.03. The minimum Gasteiger partial charge on any atom is -0.261 e. The van der Waals surface area contributed by atoms with E-state index in [4.69, 9.17) is 0 Å². The van der Waals surface area contributed by atoms with Crippen molar-refractivity contribution in [1.82, 2.24) is 4.98 Å². The van der Waals surface area contributed by atoms with Crippen molar-refractivity contribution in [1.29, 1.82) is 0 Å². The third-order valence-electron chi connectivity index (χ3n) is 3.26. The van der Waals surface area contributed by atoms with Crippen LogP contribution in [0.1, 0.15) is 62.6 Å². The summed E-state index contributed by atoms with van der Waals surface area (Å²) in [5.41, 5.74) is 2.82. The lowest BCUT2D eigenvalue weighted by Crippen LogP contribution is -1.99. The van der Waals surface area contributed by atoms with Crippen LogP contribution in [-0.4, -0.2) is 4.98 Å². The van der Waals surface area contributed by atoms with Crippen LogP contribution >= 0.6 is 0 Å². The standard InChI is InChI=1S/C13H19N/c1-3-10(4-2)13-9-12(7-8-14-13)11-5-6-11/h7-11H,3-6H2,1-2H3. The molecule has 1 fully saturated rings. The van der Waals surface area contributed by atoms with Crippen LogP contribution in [0, 0.1) is 0 Å². The summed E-state index contributed by atoms with van der Waals surface area (Å²) in [5.74, 6) is 1.51. The molecule has 0 atom stereocenters. The van der Waals surface area contributed by atoms with Crippen LogP contribution in [0.15, 0.2) is 18.3 Å². The van der Waals surface area contributed by atoms with E-state index >= 15 is 0 Å². The van der Waals surface area contributed by atoms with E-state index in [1.165, 1.54) is 36.9 Å². The van der Waals surface area contributed by atoms with Gasteiger partial charge < -0.3 is 0 Å². The first kappa shape index (κ1) is 9.70. The van der Waals surface area contributed by atoms with Gasteiger partial charge in [-0.05, 0) is 49.3 Å². The van der Waals surface area contributed by atoms with Gasteiger partial charge in [-0.25, -0.2) is 0 Å². The van der Waals surface area contributed by atoms with Crippen LogP contribution < -0.4 is 0 Å². The highest BCUT2D eigenvalue weighted by molar-refractivity contribution is 5.25. The molecule has 1 aliphatic carbocycles. The van der Waals surface area contributed by atoms with E-state index in [2.05, 4.69) is 31.0 Å². The van der Waals surface area contributed by atoms with Crippen molar-refractivity contribution in [2.45, 2.75) is 51.4 Å². The molecule has 14 heavy (non-hydrogen) atoms. The van der Waals surface area contributed by atoms with Crippen molar-refractivity contribution in [2.75, 3.05) is 0 Å². The topological polar surface area (TPSA) is 12.9 Å². The van der Waals surface area contributed by atoms with Crippen molar-refractivity contribution < 1.29 is 0 Å². The van der Waals surface area contributed by atoms with Crippen molar-refractivity contribution in [3.63, 3.8) is 0 Å². The summed E-state index contributed by atoms with van der Waals surface area (Å²) in [4.78, 5) is 4.49. The molecule has 1 aliphatic rings. The molecule has 1 saturated carbocycles.